The molecule has 1 rings (SSSR count). The van der Waals surface area contributed by atoms with Crippen LogP contribution in [-0.4, -0.2) is 11.2 Å². The Morgan fingerprint density at radius 2 is 2.17 bits per heavy atom. The zero-order chi connectivity index (χ0) is 9.35. The highest BCUT2D eigenvalue weighted by Crippen LogP contribution is 2.31. The fraction of sp³-hybridized carbons (Fsp3) is 0.500. The maximum absolute atomic E-state index is 12.0. The molecule has 0 spiro atoms. The van der Waals surface area contributed by atoms with Gasteiger partial charge < -0.3 is 5.73 Å². The second-order valence-corrected chi connectivity index (χ2v) is 3.24. The molecule has 2 N–H and O–H groups in total. The van der Waals surface area contributed by atoms with Crippen molar-refractivity contribution in [2.24, 2.45) is 5.73 Å². The van der Waals surface area contributed by atoms with Crippen molar-refractivity contribution in [3.05, 3.63) is 16.1 Å². The lowest BCUT2D eigenvalue weighted by Gasteiger charge is -2.11. The third kappa shape index (κ3) is 1.95. The van der Waals surface area contributed by atoms with Crippen LogP contribution in [0.4, 0.5) is 13.2 Å². The maximum Gasteiger partial charge on any atom is 0.410 e. The summed E-state index contributed by atoms with van der Waals surface area (Å²) in [7, 11) is 0. The monoisotopic (exact) mass is 196 g/mol. The van der Waals surface area contributed by atoms with Gasteiger partial charge in [0.1, 0.15) is 5.01 Å². The molecule has 0 radical (unpaired) electrons. The minimum atomic E-state index is -4.40. The summed E-state index contributed by atoms with van der Waals surface area (Å²) in [6.45, 7) is 1.63. The van der Waals surface area contributed by atoms with E-state index in [9.17, 15) is 13.2 Å². The number of thiazole rings is 1. The molecule has 0 aliphatic carbocycles. The lowest BCUT2D eigenvalue weighted by Crippen LogP contribution is -2.28. The third-order valence-corrected chi connectivity index (χ3v) is 2.30. The number of halogens is 3. The van der Waals surface area contributed by atoms with Crippen LogP contribution in [0.5, 0.6) is 0 Å². The summed E-state index contributed by atoms with van der Waals surface area (Å²) in [5, 5.41) is 1.46. The second-order valence-electron chi connectivity index (χ2n) is 2.35. The van der Waals surface area contributed by atoms with Crippen molar-refractivity contribution in [1.82, 2.24) is 4.98 Å². The van der Waals surface area contributed by atoms with Gasteiger partial charge in [-0.05, 0) is 6.92 Å². The highest BCUT2D eigenvalue weighted by Gasteiger charge is 2.39. The normalized spacial score (nSPS) is 14.8. The number of hydrogen-bond acceptors (Lipinski definition) is 3. The molecule has 0 saturated carbocycles. The van der Waals surface area contributed by atoms with Gasteiger partial charge in [-0.2, -0.15) is 13.2 Å². The van der Waals surface area contributed by atoms with Crippen molar-refractivity contribution in [3.8, 4) is 0 Å². The SMILES string of the molecule is Cc1csc([C@@H](N)C(F)(F)F)n1. The molecular formula is C6H7F3N2S. The predicted octanol–water partition coefficient (Wildman–Crippen LogP) is 2.01. The van der Waals surface area contributed by atoms with Crippen molar-refractivity contribution < 1.29 is 13.2 Å². The van der Waals surface area contributed by atoms with E-state index in [0.29, 0.717) is 5.69 Å². The van der Waals surface area contributed by atoms with Crippen molar-refractivity contribution in [1.29, 1.82) is 0 Å². The summed E-state index contributed by atoms with van der Waals surface area (Å²) in [6.07, 6.45) is -4.40. The van der Waals surface area contributed by atoms with E-state index in [2.05, 4.69) is 4.98 Å². The molecule has 0 aliphatic heterocycles. The van der Waals surface area contributed by atoms with Crippen LogP contribution in [0, 0.1) is 6.92 Å². The Labute approximate surface area is 71.2 Å². The highest BCUT2D eigenvalue weighted by atomic mass is 32.1. The number of rotatable bonds is 1. The Hall–Kier alpha value is -0.620. The smallest absolute Gasteiger partial charge is 0.314 e. The fourth-order valence-electron chi connectivity index (χ4n) is 0.655. The van der Waals surface area contributed by atoms with Crippen LogP contribution in [0.1, 0.15) is 16.7 Å². The Bertz CT molecular complexity index is 268. The van der Waals surface area contributed by atoms with Gasteiger partial charge in [0.25, 0.3) is 0 Å². The van der Waals surface area contributed by atoms with E-state index in [4.69, 9.17) is 5.73 Å². The van der Waals surface area contributed by atoms with E-state index in [-0.39, 0.29) is 5.01 Å². The summed E-state index contributed by atoms with van der Waals surface area (Å²) in [5.41, 5.74) is 5.47. The molecule has 6 heteroatoms. The molecule has 1 aromatic heterocycles. The first-order chi connectivity index (χ1) is 5.41. The number of nitrogens with zero attached hydrogens (tertiary/aromatic N) is 1. The lowest BCUT2D eigenvalue weighted by molar-refractivity contribution is -0.149. The van der Waals surface area contributed by atoms with Gasteiger partial charge in [-0.1, -0.05) is 0 Å². The minimum absolute atomic E-state index is 0.0833. The summed E-state index contributed by atoms with van der Waals surface area (Å²) in [6, 6.07) is -1.95. The number of hydrogen-bond donors (Lipinski definition) is 1. The molecule has 0 unspecified atom stereocenters. The molecule has 2 nitrogen and oxygen atoms in total. The molecule has 1 heterocycles. The average molecular weight is 196 g/mol. The van der Waals surface area contributed by atoms with Crippen LogP contribution in [-0.2, 0) is 0 Å². The molecule has 0 bridgehead atoms. The fourth-order valence-corrected chi connectivity index (χ4v) is 1.48. The molecule has 0 saturated heterocycles. The van der Waals surface area contributed by atoms with Crippen molar-refractivity contribution in [2.75, 3.05) is 0 Å². The van der Waals surface area contributed by atoms with Crippen LogP contribution >= 0.6 is 11.3 Å². The summed E-state index contributed by atoms with van der Waals surface area (Å²) in [4.78, 5) is 3.65. The summed E-state index contributed by atoms with van der Waals surface area (Å²) >= 11 is 0.928. The molecule has 1 atom stereocenters. The third-order valence-electron chi connectivity index (χ3n) is 1.26. The van der Waals surface area contributed by atoms with E-state index in [1.165, 1.54) is 0 Å². The topological polar surface area (TPSA) is 38.9 Å². The number of aromatic nitrogens is 1. The van der Waals surface area contributed by atoms with Gasteiger partial charge in [0, 0.05) is 11.1 Å². The molecule has 0 amide bonds. The van der Waals surface area contributed by atoms with Gasteiger partial charge in [-0.15, -0.1) is 11.3 Å². The maximum atomic E-state index is 12.0. The molecule has 0 fully saturated rings. The van der Waals surface area contributed by atoms with E-state index >= 15 is 0 Å². The van der Waals surface area contributed by atoms with Crippen molar-refractivity contribution in [3.63, 3.8) is 0 Å². The first-order valence-corrected chi connectivity index (χ1v) is 4.03. The molecule has 1 aromatic rings. The number of nitrogens with two attached hydrogens (primary N) is 1. The molecule has 0 aliphatic rings. The first kappa shape index (κ1) is 9.47. The number of aryl methyl sites for hydroxylation is 1. The molecular weight excluding hydrogens is 189 g/mol. The van der Waals surface area contributed by atoms with Gasteiger partial charge in [-0.25, -0.2) is 4.98 Å². The number of alkyl halides is 3. The van der Waals surface area contributed by atoms with Crippen molar-refractivity contribution in [2.45, 2.75) is 19.1 Å². The molecule has 0 aromatic carbocycles. The van der Waals surface area contributed by atoms with Crippen LogP contribution in [0.3, 0.4) is 0 Å². The zero-order valence-corrected chi connectivity index (χ0v) is 7.04. The second kappa shape index (κ2) is 3.02. The standard InChI is InChI=1S/C6H7F3N2S/c1-3-2-12-5(11-3)4(10)6(7,8)9/h2,4H,10H2,1H3/t4-/m1/s1. The quantitative estimate of drug-likeness (QED) is 0.746. The van der Waals surface area contributed by atoms with Crippen LogP contribution in [0.15, 0.2) is 5.38 Å². The Morgan fingerprint density at radius 1 is 1.58 bits per heavy atom. The largest absolute Gasteiger partial charge is 0.410 e. The average Bonchev–Trinajstić information content (AvgIpc) is 2.32. The lowest BCUT2D eigenvalue weighted by atomic mass is 10.3. The zero-order valence-electron chi connectivity index (χ0n) is 6.22. The van der Waals surface area contributed by atoms with E-state index in [1.54, 1.807) is 12.3 Å². The Kier molecular flexibility index (Phi) is 2.39. The summed E-state index contributed by atoms with van der Waals surface area (Å²) in [5.74, 6) is 0. The van der Waals surface area contributed by atoms with E-state index < -0.39 is 12.2 Å². The van der Waals surface area contributed by atoms with Gasteiger partial charge >= 0.3 is 6.18 Å². The van der Waals surface area contributed by atoms with Crippen LogP contribution in [0.25, 0.3) is 0 Å². The Morgan fingerprint density at radius 3 is 2.50 bits per heavy atom. The Balaban J connectivity index is 2.85. The van der Waals surface area contributed by atoms with Gasteiger partial charge in [0.2, 0.25) is 0 Å². The van der Waals surface area contributed by atoms with Gasteiger partial charge in [0.05, 0.1) is 0 Å². The van der Waals surface area contributed by atoms with Gasteiger partial charge in [0.15, 0.2) is 6.04 Å². The minimum Gasteiger partial charge on any atom is -0.314 e. The predicted molar refractivity (Wildman–Crippen MR) is 39.8 cm³/mol. The molecule has 68 valence electrons. The van der Waals surface area contributed by atoms with E-state index in [1.807, 2.05) is 0 Å². The molecule has 12 heavy (non-hydrogen) atoms. The summed E-state index contributed by atoms with van der Waals surface area (Å²) < 4.78 is 36.0. The van der Waals surface area contributed by atoms with Gasteiger partial charge in [-0.3, -0.25) is 0 Å². The van der Waals surface area contributed by atoms with E-state index in [0.717, 1.165) is 11.3 Å². The highest BCUT2D eigenvalue weighted by molar-refractivity contribution is 7.09. The first-order valence-electron chi connectivity index (χ1n) is 3.15. The van der Waals surface area contributed by atoms with Crippen LogP contribution in [0.2, 0.25) is 0 Å². The van der Waals surface area contributed by atoms with Crippen LogP contribution < -0.4 is 5.73 Å². The van der Waals surface area contributed by atoms with Crippen molar-refractivity contribution >= 4 is 11.3 Å².